The van der Waals surface area contributed by atoms with Gasteiger partial charge >= 0.3 is 0 Å². The van der Waals surface area contributed by atoms with Gasteiger partial charge in [0, 0.05) is 4.88 Å². The molecule has 96 valence electrons. The van der Waals surface area contributed by atoms with Crippen LogP contribution < -0.4 is 11.1 Å². The maximum Gasteiger partial charge on any atom is 0.242 e. The van der Waals surface area contributed by atoms with Crippen LogP contribution in [0.15, 0.2) is 23.8 Å². The Morgan fingerprint density at radius 3 is 3.06 bits per heavy atom. The zero-order valence-electron chi connectivity index (χ0n) is 10.0. The number of carbonyl (C=O) groups excluding carboxylic acids is 1. The number of hydrogen-bond acceptors (Lipinski definition) is 5. The normalized spacial score (nSPS) is 12.3. The summed E-state index contributed by atoms with van der Waals surface area (Å²) in [6.45, 7) is 2.17. The van der Waals surface area contributed by atoms with E-state index in [1.165, 1.54) is 11.0 Å². The predicted octanol–water partition coefficient (Wildman–Crippen LogP) is 1.19. The lowest BCUT2D eigenvalue weighted by molar-refractivity contribution is -0.122. The van der Waals surface area contributed by atoms with Gasteiger partial charge in [0.05, 0.1) is 6.04 Å². The SMILES string of the molecule is CCC(NC(=O)Cn1cnc(N)n1)c1cccs1. The number of carbonyl (C=O) groups is 1. The Morgan fingerprint density at radius 2 is 2.50 bits per heavy atom. The van der Waals surface area contributed by atoms with E-state index in [0.717, 1.165) is 11.3 Å². The van der Waals surface area contributed by atoms with Gasteiger partial charge in [-0.25, -0.2) is 9.67 Å². The van der Waals surface area contributed by atoms with Crippen LogP contribution in [0, 0.1) is 0 Å². The maximum atomic E-state index is 11.9. The maximum absolute atomic E-state index is 11.9. The van der Waals surface area contributed by atoms with Gasteiger partial charge < -0.3 is 11.1 Å². The van der Waals surface area contributed by atoms with E-state index in [4.69, 9.17) is 5.73 Å². The van der Waals surface area contributed by atoms with Crippen LogP contribution in [0.3, 0.4) is 0 Å². The summed E-state index contributed by atoms with van der Waals surface area (Å²) in [6.07, 6.45) is 2.30. The second kappa shape index (κ2) is 5.63. The number of nitrogens with one attached hydrogen (secondary N) is 1. The molecule has 1 unspecified atom stereocenters. The van der Waals surface area contributed by atoms with Gasteiger partial charge in [0.2, 0.25) is 11.9 Å². The van der Waals surface area contributed by atoms with Gasteiger partial charge in [0.25, 0.3) is 0 Å². The fourth-order valence-corrected chi connectivity index (χ4v) is 2.50. The van der Waals surface area contributed by atoms with Crippen LogP contribution in [-0.4, -0.2) is 20.7 Å². The summed E-state index contributed by atoms with van der Waals surface area (Å²) in [5.74, 6) is 0.0771. The van der Waals surface area contributed by atoms with Crippen molar-refractivity contribution in [2.75, 3.05) is 5.73 Å². The number of nitrogens with zero attached hydrogens (tertiary/aromatic N) is 3. The van der Waals surface area contributed by atoms with Gasteiger partial charge in [0.1, 0.15) is 12.9 Å². The van der Waals surface area contributed by atoms with Crippen LogP contribution in [0.25, 0.3) is 0 Å². The van der Waals surface area contributed by atoms with Gasteiger partial charge in [-0.1, -0.05) is 13.0 Å². The van der Waals surface area contributed by atoms with Crippen molar-refractivity contribution >= 4 is 23.2 Å². The summed E-state index contributed by atoms with van der Waals surface area (Å²) < 4.78 is 1.42. The van der Waals surface area contributed by atoms with Gasteiger partial charge in [-0.2, -0.15) is 0 Å². The van der Waals surface area contributed by atoms with Crippen molar-refractivity contribution < 1.29 is 4.79 Å². The number of thiophene rings is 1. The number of rotatable bonds is 5. The molecule has 2 rings (SSSR count). The Bertz CT molecular complexity index is 507. The standard InChI is InChI=1S/C11H15N5OS/c1-2-8(9-4-3-5-18-9)14-10(17)6-16-7-13-11(12)15-16/h3-5,7-8H,2,6H2,1H3,(H2,12,15)(H,14,17). The first-order valence-corrected chi connectivity index (χ1v) is 6.54. The van der Waals surface area contributed by atoms with Crippen LogP contribution in [0.5, 0.6) is 0 Å². The van der Waals surface area contributed by atoms with Crippen molar-refractivity contribution in [2.45, 2.75) is 25.9 Å². The first-order chi connectivity index (χ1) is 8.69. The van der Waals surface area contributed by atoms with E-state index in [0.29, 0.717) is 0 Å². The molecule has 0 aliphatic rings. The molecule has 3 N–H and O–H groups in total. The van der Waals surface area contributed by atoms with Gasteiger partial charge in [0.15, 0.2) is 0 Å². The van der Waals surface area contributed by atoms with E-state index >= 15 is 0 Å². The Morgan fingerprint density at radius 1 is 1.67 bits per heavy atom. The molecular weight excluding hydrogens is 250 g/mol. The van der Waals surface area contributed by atoms with Crippen molar-refractivity contribution in [1.29, 1.82) is 0 Å². The average Bonchev–Trinajstić information content (AvgIpc) is 2.98. The highest BCUT2D eigenvalue weighted by Gasteiger charge is 2.14. The highest BCUT2D eigenvalue weighted by Crippen LogP contribution is 2.21. The lowest BCUT2D eigenvalue weighted by Crippen LogP contribution is -2.31. The van der Waals surface area contributed by atoms with Gasteiger partial charge in [-0.15, -0.1) is 16.4 Å². The second-order valence-electron chi connectivity index (χ2n) is 3.84. The minimum Gasteiger partial charge on any atom is -0.367 e. The molecule has 0 saturated carbocycles. The number of amides is 1. The van der Waals surface area contributed by atoms with Gasteiger partial charge in [-0.3, -0.25) is 4.79 Å². The lowest BCUT2D eigenvalue weighted by atomic mass is 10.2. The molecule has 0 aliphatic carbocycles. The molecule has 7 heteroatoms. The van der Waals surface area contributed by atoms with Crippen LogP contribution >= 0.6 is 11.3 Å². The molecule has 1 atom stereocenters. The Balaban J connectivity index is 1.94. The highest BCUT2D eigenvalue weighted by atomic mass is 32.1. The van der Waals surface area contributed by atoms with E-state index in [1.54, 1.807) is 11.3 Å². The minimum absolute atomic E-state index is 0.0540. The van der Waals surface area contributed by atoms with E-state index in [2.05, 4.69) is 15.4 Å². The van der Waals surface area contributed by atoms with Crippen molar-refractivity contribution in [3.63, 3.8) is 0 Å². The number of aromatic nitrogens is 3. The lowest BCUT2D eigenvalue weighted by Gasteiger charge is -2.15. The third kappa shape index (κ3) is 3.07. The van der Waals surface area contributed by atoms with Crippen molar-refractivity contribution in [2.24, 2.45) is 0 Å². The van der Waals surface area contributed by atoms with Gasteiger partial charge in [-0.05, 0) is 17.9 Å². The molecule has 18 heavy (non-hydrogen) atoms. The summed E-state index contributed by atoms with van der Waals surface area (Å²) in [7, 11) is 0. The fraction of sp³-hybridized carbons (Fsp3) is 0.364. The van der Waals surface area contributed by atoms with Crippen LogP contribution in [0.2, 0.25) is 0 Å². The van der Waals surface area contributed by atoms with E-state index in [9.17, 15) is 4.79 Å². The summed E-state index contributed by atoms with van der Waals surface area (Å²) >= 11 is 1.64. The molecule has 0 aromatic carbocycles. The van der Waals surface area contributed by atoms with Crippen LogP contribution in [0.4, 0.5) is 5.95 Å². The predicted molar refractivity (Wildman–Crippen MR) is 69.9 cm³/mol. The van der Waals surface area contributed by atoms with Crippen molar-refractivity contribution in [1.82, 2.24) is 20.1 Å². The van der Waals surface area contributed by atoms with E-state index < -0.39 is 0 Å². The zero-order chi connectivity index (χ0) is 13.0. The quantitative estimate of drug-likeness (QED) is 0.850. The average molecular weight is 265 g/mol. The molecule has 6 nitrogen and oxygen atoms in total. The van der Waals surface area contributed by atoms with Crippen LogP contribution in [-0.2, 0) is 11.3 Å². The zero-order valence-corrected chi connectivity index (χ0v) is 10.9. The largest absolute Gasteiger partial charge is 0.367 e. The Labute approximate surface area is 109 Å². The smallest absolute Gasteiger partial charge is 0.242 e. The minimum atomic E-state index is -0.0971. The molecule has 2 aromatic rings. The van der Waals surface area contributed by atoms with Crippen molar-refractivity contribution in [3.8, 4) is 0 Å². The number of nitrogen functional groups attached to an aromatic ring is 1. The molecule has 0 aliphatic heterocycles. The molecule has 2 aromatic heterocycles. The summed E-state index contributed by atoms with van der Waals surface area (Å²) in [5, 5.41) is 8.84. The van der Waals surface area contributed by atoms with E-state index in [-0.39, 0.29) is 24.4 Å². The number of anilines is 1. The Kier molecular flexibility index (Phi) is 3.93. The molecule has 0 radical (unpaired) electrons. The summed E-state index contributed by atoms with van der Waals surface area (Å²) in [6, 6.07) is 4.05. The van der Waals surface area contributed by atoms with Crippen LogP contribution in [0.1, 0.15) is 24.3 Å². The molecular formula is C11H15N5OS. The fourth-order valence-electron chi connectivity index (χ4n) is 1.64. The molecule has 0 saturated heterocycles. The molecule has 1 amide bonds. The molecule has 2 heterocycles. The molecule has 0 spiro atoms. The monoisotopic (exact) mass is 265 g/mol. The van der Waals surface area contributed by atoms with E-state index in [1.807, 2.05) is 24.4 Å². The number of hydrogen-bond donors (Lipinski definition) is 2. The number of nitrogens with two attached hydrogens (primary N) is 1. The summed E-state index contributed by atoms with van der Waals surface area (Å²) in [5.41, 5.74) is 5.39. The highest BCUT2D eigenvalue weighted by molar-refractivity contribution is 7.10. The first kappa shape index (κ1) is 12.6. The first-order valence-electron chi connectivity index (χ1n) is 5.66. The summed E-state index contributed by atoms with van der Waals surface area (Å²) in [4.78, 5) is 16.8. The third-order valence-corrected chi connectivity index (χ3v) is 3.48. The second-order valence-corrected chi connectivity index (χ2v) is 4.82. The third-order valence-electron chi connectivity index (χ3n) is 2.49. The topological polar surface area (TPSA) is 85.8 Å². The molecule has 0 bridgehead atoms. The molecule has 0 fully saturated rings. The Hall–Kier alpha value is -1.89. The van der Waals surface area contributed by atoms with Crippen molar-refractivity contribution in [3.05, 3.63) is 28.7 Å².